The number of morpholine rings is 1. The minimum Gasteiger partial charge on any atom is -0.396 e. The molecule has 0 saturated carbocycles. The number of ether oxygens (including phenoxy) is 1. The molecule has 0 radical (unpaired) electrons. The van der Waals surface area contributed by atoms with Gasteiger partial charge in [0.15, 0.2) is 0 Å². The lowest BCUT2D eigenvalue weighted by atomic mass is 10.2. The summed E-state index contributed by atoms with van der Waals surface area (Å²) in [5.74, 6) is -0.0499. The summed E-state index contributed by atoms with van der Waals surface area (Å²) in [4.78, 5) is 13.5. The van der Waals surface area contributed by atoms with Gasteiger partial charge in [-0.25, -0.2) is 0 Å². The van der Waals surface area contributed by atoms with Crippen molar-refractivity contribution >= 4 is 27.5 Å². The van der Waals surface area contributed by atoms with E-state index in [-0.39, 0.29) is 25.2 Å². The van der Waals surface area contributed by atoms with Crippen molar-refractivity contribution in [1.29, 1.82) is 0 Å². The number of nitrogens with zero attached hydrogens (tertiary/aromatic N) is 1. The van der Waals surface area contributed by atoms with Crippen molar-refractivity contribution in [3.05, 3.63) is 28.7 Å². The van der Waals surface area contributed by atoms with E-state index in [0.29, 0.717) is 13.0 Å². The fraction of sp³-hybridized carbons (Fsp3) is 0.417. The molecule has 1 unspecified atom stereocenters. The van der Waals surface area contributed by atoms with Crippen molar-refractivity contribution in [3.63, 3.8) is 0 Å². The van der Waals surface area contributed by atoms with Gasteiger partial charge in [-0.2, -0.15) is 0 Å². The third kappa shape index (κ3) is 2.86. The van der Waals surface area contributed by atoms with Crippen molar-refractivity contribution in [2.24, 2.45) is 0 Å². The standard InChI is InChI=1S/C12H14BrNO3/c13-10-3-1-2-4-11(10)14-7-9(5-6-15)17-8-12(14)16/h1-4,9,15H,5-8H2. The molecule has 1 fully saturated rings. The highest BCUT2D eigenvalue weighted by atomic mass is 79.9. The molecule has 1 aliphatic heterocycles. The predicted octanol–water partition coefficient (Wildman–Crippen LogP) is 1.56. The highest BCUT2D eigenvalue weighted by molar-refractivity contribution is 9.10. The molecule has 1 heterocycles. The smallest absolute Gasteiger partial charge is 0.253 e. The lowest BCUT2D eigenvalue weighted by molar-refractivity contribution is -0.129. The minimum atomic E-state index is -0.0928. The highest BCUT2D eigenvalue weighted by Gasteiger charge is 2.27. The van der Waals surface area contributed by atoms with E-state index in [0.717, 1.165) is 10.2 Å². The zero-order chi connectivity index (χ0) is 12.3. The molecule has 0 bridgehead atoms. The van der Waals surface area contributed by atoms with Crippen molar-refractivity contribution in [2.75, 3.05) is 24.7 Å². The Bertz CT molecular complexity index is 410. The number of amides is 1. The van der Waals surface area contributed by atoms with Gasteiger partial charge in [-0.3, -0.25) is 4.79 Å². The summed E-state index contributed by atoms with van der Waals surface area (Å²) in [6.07, 6.45) is 0.457. The molecule has 1 aromatic rings. The van der Waals surface area contributed by atoms with E-state index < -0.39 is 0 Å². The Labute approximate surface area is 108 Å². The summed E-state index contributed by atoms with van der Waals surface area (Å²) in [5, 5.41) is 8.90. The summed E-state index contributed by atoms with van der Waals surface area (Å²) >= 11 is 3.43. The summed E-state index contributed by atoms with van der Waals surface area (Å²) in [6, 6.07) is 7.59. The van der Waals surface area contributed by atoms with Crippen LogP contribution in [0, 0.1) is 0 Å². The average Bonchev–Trinajstić information content (AvgIpc) is 2.33. The van der Waals surface area contributed by atoms with Crippen molar-refractivity contribution < 1.29 is 14.6 Å². The van der Waals surface area contributed by atoms with Gasteiger partial charge in [0.2, 0.25) is 0 Å². The largest absolute Gasteiger partial charge is 0.396 e. The van der Waals surface area contributed by atoms with Crippen LogP contribution >= 0.6 is 15.9 Å². The van der Waals surface area contributed by atoms with E-state index in [1.807, 2.05) is 24.3 Å². The van der Waals surface area contributed by atoms with Crippen molar-refractivity contribution in [2.45, 2.75) is 12.5 Å². The van der Waals surface area contributed by atoms with Crippen LogP contribution in [-0.4, -0.2) is 36.9 Å². The van der Waals surface area contributed by atoms with Crippen LogP contribution in [0.5, 0.6) is 0 Å². The first-order valence-corrected chi connectivity index (χ1v) is 6.29. The molecule has 5 heteroatoms. The number of carbonyl (C=O) groups is 1. The monoisotopic (exact) mass is 299 g/mol. The third-order valence-electron chi connectivity index (χ3n) is 2.72. The summed E-state index contributed by atoms with van der Waals surface area (Å²) < 4.78 is 6.24. The Balaban J connectivity index is 2.18. The molecule has 0 aliphatic carbocycles. The molecule has 4 nitrogen and oxygen atoms in total. The number of halogens is 1. The number of aliphatic hydroxyl groups is 1. The molecule has 1 N–H and O–H groups in total. The molecule has 1 amide bonds. The zero-order valence-electron chi connectivity index (χ0n) is 9.30. The van der Waals surface area contributed by atoms with E-state index in [9.17, 15) is 4.79 Å². The number of aliphatic hydroxyl groups excluding tert-OH is 1. The number of rotatable bonds is 3. The number of hydrogen-bond donors (Lipinski definition) is 1. The molecular weight excluding hydrogens is 286 g/mol. The van der Waals surface area contributed by atoms with Crippen LogP contribution in [0.3, 0.4) is 0 Å². The quantitative estimate of drug-likeness (QED) is 0.921. The number of anilines is 1. The molecule has 92 valence electrons. The van der Waals surface area contributed by atoms with E-state index in [2.05, 4.69) is 15.9 Å². The number of benzene rings is 1. The Morgan fingerprint density at radius 2 is 2.24 bits per heavy atom. The van der Waals surface area contributed by atoms with Gasteiger partial charge in [0.05, 0.1) is 18.3 Å². The van der Waals surface area contributed by atoms with Crippen molar-refractivity contribution in [1.82, 2.24) is 0 Å². The van der Waals surface area contributed by atoms with E-state index in [4.69, 9.17) is 9.84 Å². The van der Waals surface area contributed by atoms with Crippen LogP contribution in [0.15, 0.2) is 28.7 Å². The van der Waals surface area contributed by atoms with Crippen LogP contribution < -0.4 is 4.90 Å². The van der Waals surface area contributed by atoms with Gasteiger partial charge in [-0.1, -0.05) is 12.1 Å². The lowest BCUT2D eigenvalue weighted by Crippen LogP contribution is -2.47. The van der Waals surface area contributed by atoms with Crippen LogP contribution in [-0.2, 0) is 9.53 Å². The van der Waals surface area contributed by atoms with Crippen LogP contribution in [0.1, 0.15) is 6.42 Å². The fourth-order valence-corrected chi connectivity index (χ4v) is 2.35. The molecule has 1 saturated heterocycles. The Hall–Kier alpha value is -0.910. The maximum Gasteiger partial charge on any atom is 0.253 e. The fourth-order valence-electron chi connectivity index (χ4n) is 1.85. The van der Waals surface area contributed by atoms with Gasteiger partial charge in [-0.15, -0.1) is 0 Å². The zero-order valence-corrected chi connectivity index (χ0v) is 10.9. The lowest BCUT2D eigenvalue weighted by Gasteiger charge is -2.33. The Kier molecular flexibility index (Phi) is 4.15. The maximum atomic E-state index is 11.8. The Morgan fingerprint density at radius 3 is 2.94 bits per heavy atom. The molecule has 0 aromatic heterocycles. The molecule has 1 atom stereocenters. The van der Waals surface area contributed by atoms with Crippen LogP contribution in [0.4, 0.5) is 5.69 Å². The molecule has 0 spiro atoms. The first kappa shape index (κ1) is 12.5. The number of carbonyl (C=O) groups excluding carboxylic acids is 1. The molecule has 1 aromatic carbocycles. The number of para-hydroxylation sites is 1. The average molecular weight is 300 g/mol. The summed E-state index contributed by atoms with van der Waals surface area (Å²) in [6.45, 7) is 0.636. The van der Waals surface area contributed by atoms with Gasteiger partial charge in [0.25, 0.3) is 5.91 Å². The molecule has 1 aliphatic rings. The van der Waals surface area contributed by atoms with Gasteiger partial charge >= 0.3 is 0 Å². The topological polar surface area (TPSA) is 49.8 Å². The SMILES string of the molecule is O=C1COC(CCO)CN1c1ccccc1Br. The first-order valence-electron chi connectivity index (χ1n) is 5.49. The van der Waals surface area contributed by atoms with Gasteiger partial charge < -0.3 is 14.7 Å². The minimum absolute atomic E-state index is 0.0499. The van der Waals surface area contributed by atoms with Crippen LogP contribution in [0.25, 0.3) is 0 Å². The maximum absolute atomic E-state index is 11.8. The molecule has 2 rings (SSSR count). The Morgan fingerprint density at radius 1 is 1.47 bits per heavy atom. The number of hydrogen-bond acceptors (Lipinski definition) is 3. The normalized spacial score (nSPS) is 20.7. The molecular formula is C12H14BrNO3. The first-order chi connectivity index (χ1) is 8.22. The summed E-state index contributed by atoms with van der Waals surface area (Å²) in [5.41, 5.74) is 0.851. The highest BCUT2D eigenvalue weighted by Crippen LogP contribution is 2.27. The van der Waals surface area contributed by atoms with Crippen LogP contribution in [0.2, 0.25) is 0 Å². The second kappa shape index (κ2) is 5.62. The van der Waals surface area contributed by atoms with E-state index in [1.54, 1.807) is 4.90 Å². The van der Waals surface area contributed by atoms with E-state index >= 15 is 0 Å². The second-order valence-corrected chi connectivity index (χ2v) is 4.76. The third-order valence-corrected chi connectivity index (χ3v) is 3.39. The molecule has 17 heavy (non-hydrogen) atoms. The summed E-state index contributed by atoms with van der Waals surface area (Å²) in [7, 11) is 0. The predicted molar refractivity (Wildman–Crippen MR) is 67.9 cm³/mol. The second-order valence-electron chi connectivity index (χ2n) is 3.90. The van der Waals surface area contributed by atoms with Crippen molar-refractivity contribution in [3.8, 4) is 0 Å². The van der Waals surface area contributed by atoms with Gasteiger partial charge in [0, 0.05) is 11.1 Å². The van der Waals surface area contributed by atoms with Gasteiger partial charge in [-0.05, 0) is 34.5 Å². The van der Waals surface area contributed by atoms with Gasteiger partial charge in [0.1, 0.15) is 6.61 Å². The van der Waals surface area contributed by atoms with E-state index in [1.165, 1.54) is 0 Å².